The van der Waals surface area contributed by atoms with Crippen LogP contribution in [0.3, 0.4) is 0 Å². The maximum atomic E-state index is 15.3. The number of anilines is 1. The molecule has 1 aliphatic heterocycles. The van der Waals surface area contributed by atoms with Gasteiger partial charge in [0.05, 0.1) is 18.7 Å². The molecule has 0 saturated heterocycles. The molecule has 7 rings (SSSR count). The minimum Gasteiger partial charge on any atom is -0.506 e. The molecular formula is C35H25F4N5O2. The summed E-state index contributed by atoms with van der Waals surface area (Å²) >= 11 is 0. The Kier molecular flexibility index (Phi) is 6.70. The first-order valence-electron chi connectivity index (χ1n) is 14.4. The number of aliphatic imine (C=N–C) groups is 1. The van der Waals surface area contributed by atoms with Gasteiger partial charge in [0.2, 0.25) is 5.88 Å². The van der Waals surface area contributed by atoms with E-state index in [0.717, 1.165) is 10.9 Å². The quantitative estimate of drug-likeness (QED) is 0.0941. The van der Waals surface area contributed by atoms with Gasteiger partial charge in [-0.15, -0.1) is 0 Å². The molecule has 0 spiro atoms. The Balaban J connectivity index is 1.27. The van der Waals surface area contributed by atoms with Crippen molar-refractivity contribution in [2.75, 3.05) is 4.90 Å². The smallest absolute Gasteiger partial charge is 0.219 e. The number of fused-ring (bicyclic) bond motifs is 4. The van der Waals surface area contributed by atoms with Crippen LogP contribution in [0.25, 0.3) is 15.7 Å². The van der Waals surface area contributed by atoms with Crippen molar-refractivity contribution in [3.63, 3.8) is 0 Å². The molecule has 1 aliphatic carbocycles. The lowest BCUT2D eigenvalue weighted by Gasteiger charge is -2.29. The molecule has 2 aromatic heterocycles. The predicted octanol–water partition coefficient (Wildman–Crippen LogP) is 8.47. The molecule has 7 nitrogen and oxygen atoms in total. The van der Waals surface area contributed by atoms with E-state index < -0.39 is 35.4 Å². The lowest BCUT2D eigenvalue weighted by Crippen LogP contribution is -2.33. The Morgan fingerprint density at radius 2 is 1.67 bits per heavy atom. The van der Waals surface area contributed by atoms with Gasteiger partial charge in [0.25, 0.3) is 0 Å². The zero-order chi connectivity index (χ0) is 32.5. The highest BCUT2D eigenvalue weighted by atomic mass is 19.2. The summed E-state index contributed by atoms with van der Waals surface area (Å²) in [5.74, 6) is -5.80. The van der Waals surface area contributed by atoms with Crippen LogP contribution < -0.4 is 9.64 Å². The van der Waals surface area contributed by atoms with Crippen LogP contribution in [0.2, 0.25) is 0 Å². The summed E-state index contributed by atoms with van der Waals surface area (Å²) in [6.45, 7) is 13.4. The lowest BCUT2D eigenvalue weighted by molar-refractivity contribution is 0.400. The summed E-state index contributed by atoms with van der Waals surface area (Å²) in [4.78, 5) is 18.7. The Bertz CT molecular complexity index is 2140. The van der Waals surface area contributed by atoms with Crippen molar-refractivity contribution >= 4 is 28.1 Å². The van der Waals surface area contributed by atoms with Crippen LogP contribution in [0.4, 0.5) is 28.9 Å². The number of ether oxygens (including phenoxy) is 1. The van der Waals surface area contributed by atoms with Crippen molar-refractivity contribution in [1.29, 1.82) is 0 Å². The predicted molar refractivity (Wildman–Crippen MR) is 165 cm³/mol. The highest BCUT2D eigenvalue weighted by Crippen LogP contribution is 2.48. The molecule has 46 heavy (non-hydrogen) atoms. The fourth-order valence-electron chi connectivity index (χ4n) is 6.05. The average Bonchev–Trinajstić information content (AvgIpc) is 3.59. The van der Waals surface area contributed by atoms with Gasteiger partial charge in [-0.1, -0.05) is 32.9 Å². The first kappa shape index (κ1) is 29.2. The number of phenolic OH excluding ortho intramolecular Hbond substituents is 1. The number of rotatable bonds is 4. The molecule has 0 radical (unpaired) electrons. The molecule has 3 aromatic carbocycles. The lowest BCUT2D eigenvalue weighted by atomic mass is 9.86. The third-order valence-electron chi connectivity index (χ3n) is 8.33. The Hall–Kier alpha value is -5.50. The van der Waals surface area contributed by atoms with Crippen molar-refractivity contribution < 1.29 is 27.4 Å². The molecule has 2 aliphatic rings. The summed E-state index contributed by atoms with van der Waals surface area (Å²) in [5, 5.41) is 11.5. The second kappa shape index (κ2) is 10.5. The highest BCUT2D eigenvalue weighted by molar-refractivity contribution is 6.11. The van der Waals surface area contributed by atoms with Crippen LogP contribution >= 0.6 is 0 Å². The minimum atomic E-state index is -1.88. The van der Waals surface area contributed by atoms with E-state index in [4.69, 9.17) is 16.3 Å². The molecule has 11 heteroatoms. The molecule has 0 saturated carbocycles. The number of nitrogens with zero attached hydrogens (tertiary/aromatic N) is 5. The molecule has 0 unspecified atom stereocenters. The van der Waals surface area contributed by atoms with Crippen LogP contribution in [0.5, 0.6) is 17.4 Å². The van der Waals surface area contributed by atoms with Gasteiger partial charge in [0, 0.05) is 47.0 Å². The number of amidine groups is 1. The third-order valence-corrected chi connectivity index (χ3v) is 8.33. The molecule has 0 bridgehead atoms. The van der Waals surface area contributed by atoms with E-state index in [1.54, 1.807) is 59.5 Å². The van der Waals surface area contributed by atoms with Crippen molar-refractivity contribution in [2.24, 2.45) is 4.99 Å². The largest absolute Gasteiger partial charge is 0.506 e. The van der Waals surface area contributed by atoms with E-state index in [-0.39, 0.29) is 40.4 Å². The molecule has 230 valence electrons. The summed E-state index contributed by atoms with van der Waals surface area (Å²) in [6, 6.07) is 14.9. The normalized spacial score (nSPS) is 17.1. The molecule has 1 N–H and O–H groups in total. The molecule has 0 fully saturated rings. The summed E-state index contributed by atoms with van der Waals surface area (Å²) in [5.41, 5.74) is 1.72. The maximum absolute atomic E-state index is 15.3. The van der Waals surface area contributed by atoms with Gasteiger partial charge in [-0.05, 0) is 47.4 Å². The summed E-state index contributed by atoms with van der Waals surface area (Å²) in [7, 11) is 0. The van der Waals surface area contributed by atoms with E-state index in [2.05, 4.69) is 35.6 Å². The molecule has 2 atom stereocenters. The van der Waals surface area contributed by atoms with Crippen molar-refractivity contribution in [2.45, 2.75) is 44.7 Å². The van der Waals surface area contributed by atoms with Crippen molar-refractivity contribution in [3.8, 4) is 17.4 Å². The zero-order valence-corrected chi connectivity index (χ0v) is 24.8. The van der Waals surface area contributed by atoms with E-state index in [1.807, 2.05) is 6.07 Å². The van der Waals surface area contributed by atoms with Crippen LogP contribution in [0, 0.1) is 29.8 Å². The highest BCUT2D eigenvalue weighted by Gasteiger charge is 2.48. The number of aromatic hydroxyl groups is 1. The first-order valence-corrected chi connectivity index (χ1v) is 14.4. The van der Waals surface area contributed by atoms with E-state index in [1.165, 1.54) is 6.20 Å². The second-order valence-electron chi connectivity index (χ2n) is 12.3. The van der Waals surface area contributed by atoms with Crippen molar-refractivity contribution in [1.82, 2.24) is 9.97 Å². The number of aromatic nitrogens is 2. The van der Waals surface area contributed by atoms with Crippen LogP contribution in [-0.2, 0) is 11.8 Å². The Morgan fingerprint density at radius 3 is 2.39 bits per heavy atom. The van der Waals surface area contributed by atoms with E-state index in [0.29, 0.717) is 28.3 Å². The fourth-order valence-corrected chi connectivity index (χ4v) is 6.05. The van der Waals surface area contributed by atoms with E-state index in [9.17, 15) is 18.3 Å². The second-order valence-corrected chi connectivity index (χ2v) is 12.3. The van der Waals surface area contributed by atoms with Crippen LogP contribution in [-0.4, -0.2) is 27.0 Å². The Morgan fingerprint density at radius 1 is 0.935 bits per heavy atom. The van der Waals surface area contributed by atoms with Gasteiger partial charge in [-0.2, -0.15) is 0 Å². The van der Waals surface area contributed by atoms with Gasteiger partial charge in [0.15, 0.2) is 34.8 Å². The standard InChI is InChI=1S/C35H25F4N5O2/c1-35(2,3)18-13-17-5-10-26(43-32(17)25(45)14-18)46-21-11-12-41-24(15-21)34-42-23-16-22-27(29(37)31(39)30(38)28(22)36)33(23)44(34)20-8-6-19(40-4)7-9-20/h5-15,23,33,45H,16H2,1-3H3/t23-,33-/m0/s1. The first-order chi connectivity index (χ1) is 21.9. The fraction of sp³-hybridized carbons (Fsp3) is 0.200. The van der Waals surface area contributed by atoms with Gasteiger partial charge in [-0.3, -0.25) is 9.98 Å². The zero-order valence-electron chi connectivity index (χ0n) is 24.8. The van der Waals surface area contributed by atoms with Crippen LogP contribution in [0.15, 0.2) is 71.9 Å². The molecular weight excluding hydrogens is 598 g/mol. The summed E-state index contributed by atoms with van der Waals surface area (Å²) in [6.07, 6.45) is 1.33. The number of pyridine rings is 2. The third kappa shape index (κ3) is 4.68. The van der Waals surface area contributed by atoms with Gasteiger partial charge in [0.1, 0.15) is 22.7 Å². The maximum Gasteiger partial charge on any atom is 0.219 e. The topological polar surface area (TPSA) is 75.2 Å². The van der Waals surface area contributed by atoms with Crippen molar-refractivity contribution in [3.05, 3.63) is 124 Å². The van der Waals surface area contributed by atoms with Gasteiger partial charge < -0.3 is 14.7 Å². The number of hydrogen-bond acceptors (Lipinski definition) is 6. The van der Waals surface area contributed by atoms with Crippen LogP contribution in [0.1, 0.15) is 49.2 Å². The summed E-state index contributed by atoms with van der Waals surface area (Å²) < 4.78 is 64.8. The van der Waals surface area contributed by atoms with Gasteiger partial charge >= 0.3 is 0 Å². The average molecular weight is 624 g/mol. The monoisotopic (exact) mass is 623 g/mol. The van der Waals surface area contributed by atoms with Gasteiger partial charge in [-0.25, -0.2) is 27.4 Å². The minimum absolute atomic E-state index is 0.0234. The number of hydrogen-bond donors (Lipinski definition) is 1. The van der Waals surface area contributed by atoms with E-state index >= 15 is 4.39 Å². The SMILES string of the molecule is [C-]#[N+]c1ccc(N2C(c3cc(Oc4ccc5cc(C(C)(C)C)cc(O)c5n4)ccn3)=N[C@H]3Cc4c(F)c(F)c(F)c(F)c4[C@H]32)cc1. The molecule has 3 heterocycles. The molecule has 5 aromatic rings. The Labute approximate surface area is 261 Å². The number of halogens is 4. The molecule has 0 amide bonds. The number of phenols is 1. The number of benzene rings is 3.